The Morgan fingerprint density at radius 1 is 1.26 bits per heavy atom. The molecular formula is C19H26N2O5S. The Bertz CT molecular complexity index is 758. The number of rotatable bonds is 11. The van der Waals surface area contributed by atoms with Crippen LogP contribution in [0.3, 0.4) is 0 Å². The first kappa shape index (κ1) is 21.1. The summed E-state index contributed by atoms with van der Waals surface area (Å²) in [6.45, 7) is 2.42. The maximum atomic E-state index is 12.2. The van der Waals surface area contributed by atoms with Crippen molar-refractivity contribution in [3.63, 3.8) is 0 Å². The number of amides is 1. The van der Waals surface area contributed by atoms with E-state index in [4.69, 9.17) is 4.74 Å². The Balaban J connectivity index is 1.74. The van der Waals surface area contributed by atoms with Crippen molar-refractivity contribution in [3.05, 3.63) is 41.3 Å². The van der Waals surface area contributed by atoms with Crippen molar-refractivity contribution in [2.45, 2.75) is 26.2 Å². The van der Waals surface area contributed by atoms with Crippen LogP contribution >= 0.6 is 0 Å². The molecule has 7 nitrogen and oxygen atoms in total. The van der Waals surface area contributed by atoms with Gasteiger partial charge >= 0.3 is 5.97 Å². The lowest BCUT2D eigenvalue weighted by Crippen LogP contribution is -2.38. The number of hydrogen-bond donors (Lipinski definition) is 1. The molecule has 0 saturated heterocycles. The number of ether oxygens (including phenoxy) is 1. The number of hydrogen-bond acceptors (Lipinski definition) is 5. The van der Waals surface area contributed by atoms with E-state index in [2.05, 4.69) is 4.72 Å². The molecule has 1 fully saturated rings. The fourth-order valence-corrected chi connectivity index (χ4v) is 3.18. The SMILES string of the molecule is CCCN(CC1CC1)C(=O)COC(=O)CNS(=O)(=O)/C=C/c1ccccc1. The van der Waals surface area contributed by atoms with Crippen LogP contribution in [0.25, 0.3) is 6.08 Å². The summed E-state index contributed by atoms with van der Waals surface area (Å²) in [5.41, 5.74) is 0.725. The quantitative estimate of drug-likeness (QED) is 0.578. The van der Waals surface area contributed by atoms with Crippen molar-refractivity contribution in [1.82, 2.24) is 9.62 Å². The van der Waals surface area contributed by atoms with Crippen molar-refractivity contribution >= 4 is 28.0 Å². The molecule has 0 bridgehead atoms. The van der Waals surface area contributed by atoms with Crippen LogP contribution in [-0.4, -0.2) is 51.4 Å². The van der Waals surface area contributed by atoms with Crippen LogP contribution in [0.1, 0.15) is 31.7 Å². The number of carbonyl (C=O) groups is 2. The molecule has 0 unspecified atom stereocenters. The second-order valence-corrected chi connectivity index (χ2v) is 8.17. The molecule has 1 aliphatic rings. The van der Waals surface area contributed by atoms with E-state index < -0.39 is 22.5 Å². The molecule has 0 atom stereocenters. The van der Waals surface area contributed by atoms with Crippen LogP contribution in [0, 0.1) is 5.92 Å². The number of sulfonamides is 1. The van der Waals surface area contributed by atoms with E-state index in [1.807, 2.05) is 13.0 Å². The van der Waals surface area contributed by atoms with Gasteiger partial charge in [0.15, 0.2) is 6.61 Å². The Morgan fingerprint density at radius 2 is 1.96 bits per heavy atom. The first-order chi connectivity index (χ1) is 12.9. The van der Waals surface area contributed by atoms with Gasteiger partial charge < -0.3 is 9.64 Å². The topological polar surface area (TPSA) is 92.8 Å². The molecule has 0 spiro atoms. The first-order valence-electron chi connectivity index (χ1n) is 9.06. The fourth-order valence-electron chi connectivity index (χ4n) is 2.42. The van der Waals surface area contributed by atoms with E-state index in [1.54, 1.807) is 29.2 Å². The monoisotopic (exact) mass is 394 g/mol. The van der Waals surface area contributed by atoms with Gasteiger partial charge in [-0.25, -0.2) is 13.1 Å². The van der Waals surface area contributed by atoms with Crippen LogP contribution < -0.4 is 4.72 Å². The summed E-state index contributed by atoms with van der Waals surface area (Å²) in [7, 11) is -3.77. The highest BCUT2D eigenvalue weighted by Gasteiger charge is 2.26. The number of nitrogens with one attached hydrogen (secondary N) is 1. The molecule has 1 saturated carbocycles. The summed E-state index contributed by atoms with van der Waals surface area (Å²) < 4.78 is 30.8. The van der Waals surface area contributed by atoms with Gasteiger partial charge in [-0.2, -0.15) is 0 Å². The molecule has 1 N–H and O–H groups in total. The maximum absolute atomic E-state index is 12.2. The van der Waals surface area contributed by atoms with E-state index >= 15 is 0 Å². The van der Waals surface area contributed by atoms with Crippen LogP contribution in [0.2, 0.25) is 0 Å². The second-order valence-electron chi connectivity index (χ2n) is 6.52. The second kappa shape index (κ2) is 10.2. The van der Waals surface area contributed by atoms with E-state index in [9.17, 15) is 18.0 Å². The average molecular weight is 394 g/mol. The molecule has 0 heterocycles. The van der Waals surface area contributed by atoms with E-state index in [0.29, 0.717) is 19.0 Å². The number of esters is 1. The van der Waals surface area contributed by atoms with Crippen LogP contribution in [0.5, 0.6) is 0 Å². The third kappa shape index (κ3) is 8.36. The molecule has 1 aromatic carbocycles. The van der Waals surface area contributed by atoms with E-state index in [-0.39, 0.29) is 12.5 Å². The van der Waals surface area contributed by atoms with E-state index in [1.165, 1.54) is 6.08 Å². The molecular weight excluding hydrogens is 368 g/mol. The zero-order valence-electron chi connectivity index (χ0n) is 15.5. The van der Waals surface area contributed by atoms with Gasteiger partial charge in [0.25, 0.3) is 5.91 Å². The fraction of sp³-hybridized carbons (Fsp3) is 0.474. The predicted molar refractivity (Wildman–Crippen MR) is 103 cm³/mol. The number of nitrogens with zero attached hydrogens (tertiary/aromatic N) is 1. The lowest BCUT2D eigenvalue weighted by atomic mass is 10.2. The normalized spacial score (nSPS) is 14.3. The number of benzene rings is 1. The van der Waals surface area contributed by atoms with Crippen LogP contribution in [0.4, 0.5) is 0 Å². The summed E-state index contributed by atoms with van der Waals surface area (Å²) in [4.78, 5) is 25.6. The zero-order valence-corrected chi connectivity index (χ0v) is 16.3. The Kier molecular flexibility index (Phi) is 7.99. The highest BCUT2D eigenvalue weighted by molar-refractivity contribution is 7.92. The summed E-state index contributed by atoms with van der Waals surface area (Å²) in [6.07, 6.45) is 4.52. The lowest BCUT2D eigenvalue weighted by Gasteiger charge is -2.21. The zero-order chi connectivity index (χ0) is 19.7. The van der Waals surface area contributed by atoms with E-state index in [0.717, 1.165) is 30.2 Å². The molecule has 148 valence electrons. The molecule has 0 aliphatic heterocycles. The Morgan fingerprint density at radius 3 is 2.59 bits per heavy atom. The Labute approximate surface area is 160 Å². The van der Waals surface area contributed by atoms with Crippen LogP contribution in [-0.2, 0) is 24.3 Å². The summed E-state index contributed by atoms with van der Waals surface area (Å²) in [5, 5.41) is 0.986. The minimum absolute atomic E-state index is 0.246. The van der Waals surface area contributed by atoms with Gasteiger partial charge in [0.05, 0.1) is 0 Å². The van der Waals surface area contributed by atoms with Gasteiger partial charge in [-0.15, -0.1) is 0 Å². The third-order valence-corrected chi connectivity index (χ3v) is 5.08. The highest BCUT2D eigenvalue weighted by atomic mass is 32.2. The predicted octanol–water partition coefficient (Wildman–Crippen LogP) is 1.77. The summed E-state index contributed by atoms with van der Waals surface area (Å²) in [5.74, 6) is -0.480. The molecule has 27 heavy (non-hydrogen) atoms. The van der Waals surface area contributed by atoms with Gasteiger partial charge in [-0.3, -0.25) is 9.59 Å². The largest absolute Gasteiger partial charge is 0.455 e. The molecule has 0 aromatic heterocycles. The van der Waals surface area contributed by atoms with Gasteiger partial charge in [-0.1, -0.05) is 37.3 Å². The van der Waals surface area contributed by atoms with Crippen molar-refractivity contribution < 1.29 is 22.7 Å². The van der Waals surface area contributed by atoms with Gasteiger partial charge in [0.2, 0.25) is 10.0 Å². The van der Waals surface area contributed by atoms with Crippen molar-refractivity contribution in [1.29, 1.82) is 0 Å². The molecule has 1 aromatic rings. The van der Waals surface area contributed by atoms with Gasteiger partial charge in [-0.05, 0) is 36.8 Å². The minimum Gasteiger partial charge on any atom is -0.455 e. The third-order valence-electron chi connectivity index (χ3n) is 4.04. The summed E-state index contributed by atoms with van der Waals surface area (Å²) in [6, 6.07) is 8.93. The molecule has 0 radical (unpaired) electrons. The van der Waals surface area contributed by atoms with Crippen LogP contribution in [0.15, 0.2) is 35.7 Å². The maximum Gasteiger partial charge on any atom is 0.321 e. The Hall–Kier alpha value is -2.19. The lowest BCUT2D eigenvalue weighted by molar-refractivity contribution is -0.151. The van der Waals surface area contributed by atoms with Gasteiger partial charge in [0.1, 0.15) is 6.54 Å². The molecule has 2 rings (SSSR count). The molecule has 1 amide bonds. The minimum atomic E-state index is -3.77. The smallest absolute Gasteiger partial charge is 0.321 e. The molecule has 1 aliphatic carbocycles. The number of carbonyl (C=O) groups excluding carboxylic acids is 2. The standard InChI is InChI=1S/C19H26N2O5S/c1-2-11-21(14-17-8-9-17)18(22)15-26-19(23)13-20-27(24,25)12-10-16-6-4-3-5-7-16/h3-7,10,12,17,20H,2,8-9,11,13-15H2,1H3/b12-10+. The molecule has 8 heteroatoms. The van der Waals surface area contributed by atoms with Crippen molar-refractivity contribution in [3.8, 4) is 0 Å². The average Bonchev–Trinajstić information content (AvgIpc) is 3.47. The van der Waals surface area contributed by atoms with Crippen molar-refractivity contribution in [2.24, 2.45) is 5.92 Å². The van der Waals surface area contributed by atoms with Crippen molar-refractivity contribution in [2.75, 3.05) is 26.2 Å². The summed E-state index contributed by atoms with van der Waals surface area (Å²) >= 11 is 0. The highest BCUT2D eigenvalue weighted by Crippen LogP contribution is 2.29. The van der Waals surface area contributed by atoms with Gasteiger partial charge in [0, 0.05) is 18.5 Å². The first-order valence-corrected chi connectivity index (χ1v) is 10.6.